The standard InChI is InChI=1S/C21H26N4S/c1-14(2)16-5-7-17(8-6-16)18-15(3)26-21-19(18)20(23-13-24-21)25-11-4-9-22-10-12-25/h5-8,13-14,22H,4,9-12H2,1-3H3. The lowest BCUT2D eigenvalue weighted by Crippen LogP contribution is -2.28. The number of aromatic nitrogens is 2. The van der Waals surface area contributed by atoms with Crippen LogP contribution >= 0.6 is 11.3 Å². The van der Waals surface area contributed by atoms with Crippen LogP contribution in [-0.2, 0) is 0 Å². The number of hydrogen-bond acceptors (Lipinski definition) is 5. The van der Waals surface area contributed by atoms with Crippen molar-refractivity contribution in [2.75, 3.05) is 31.1 Å². The number of fused-ring (bicyclic) bond motifs is 1. The Kier molecular flexibility index (Phi) is 4.92. The number of nitrogens with one attached hydrogen (secondary N) is 1. The summed E-state index contributed by atoms with van der Waals surface area (Å²) in [6.07, 6.45) is 2.87. The third-order valence-electron chi connectivity index (χ3n) is 5.15. The molecule has 0 bridgehead atoms. The summed E-state index contributed by atoms with van der Waals surface area (Å²) in [5.74, 6) is 1.64. The first-order valence-electron chi connectivity index (χ1n) is 9.45. The minimum atomic E-state index is 0.549. The molecule has 3 heterocycles. The maximum atomic E-state index is 4.71. The van der Waals surface area contributed by atoms with Crippen LogP contribution in [-0.4, -0.2) is 36.1 Å². The maximum Gasteiger partial charge on any atom is 0.141 e. The summed E-state index contributed by atoms with van der Waals surface area (Å²) in [6.45, 7) is 10.8. The van der Waals surface area contributed by atoms with E-state index < -0.39 is 0 Å². The number of benzene rings is 1. The molecule has 0 amide bonds. The molecule has 0 unspecified atom stereocenters. The highest BCUT2D eigenvalue weighted by molar-refractivity contribution is 7.19. The zero-order chi connectivity index (χ0) is 18.1. The average molecular weight is 367 g/mol. The molecule has 0 radical (unpaired) electrons. The molecular weight excluding hydrogens is 340 g/mol. The fraction of sp³-hybridized carbons (Fsp3) is 0.429. The molecular formula is C21H26N4S. The number of anilines is 1. The van der Waals surface area contributed by atoms with E-state index in [1.807, 2.05) is 0 Å². The first-order chi connectivity index (χ1) is 12.6. The molecule has 1 aromatic carbocycles. The Morgan fingerprint density at radius 3 is 2.65 bits per heavy atom. The zero-order valence-corrected chi connectivity index (χ0v) is 16.6. The van der Waals surface area contributed by atoms with Gasteiger partial charge in [0.15, 0.2) is 0 Å². The molecule has 1 saturated heterocycles. The van der Waals surface area contributed by atoms with E-state index >= 15 is 0 Å². The van der Waals surface area contributed by atoms with Crippen LogP contribution in [0, 0.1) is 6.92 Å². The monoisotopic (exact) mass is 366 g/mol. The van der Waals surface area contributed by atoms with Crippen molar-refractivity contribution in [1.29, 1.82) is 0 Å². The molecule has 0 atom stereocenters. The van der Waals surface area contributed by atoms with Crippen LogP contribution in [0.3, 0.4) is 0 Å². The van der Waals surface area contributed by atoms with Gasteiger partial charge in [0, 0.05) is 30.1 Å². The van der Waals surface area contributed by atoms with Crippen molar-refractivity contribution < 1.29 is 0 Å². The second-order valence-electron chi connectivity index (χ2n) is 7.28. The van der Waals surface area contributed by atoms with Crippen LogP contribution in [0.4, 0.5) is 5.82 Å². The Morgan fingerprint density at radius 1 is 1.08 bits per heavy atom. The Balaban J connectivity index is 1.85. The van der Waals surface area contributed by atoms with Crippen LogP contribution in [0.5, 0.6) is 0 Å². The lowest BCUT2D eigenvalue weighted by molar-refractivity contribution is 0.724. The average Bonchev–Trinajstić information content (AvgIpc) is 2.82. The molecule has 5 heteroatoms. The molecule has 26 heavy (non-hydrogen) atoms. The fourth-order valence-corrected chi connectivity index (χ4v) is 4.72. The number of nitrogens with zero attached hydrogens (tertiary/aromatic N) is 3. The molecule has 1 aliphatic rings. The van der Waals surface area contributed by atoms with Gasteiger partial charge in [0.25, 0.3) is 0 Å². The summed E-state index contributed by atoms with van der Waals surface area (Å²) in [4.78, 5) is 14.1. The van der Waals surface area contributed by atoms with Gasteiger partial charge in [-0.25, -0.2) is 9.97 Å². The van der Waals surface area contributed by atoms with Gasteiger partial charge in [-0.15, -0.1) is 11.3 Å². The van der Waals surface area contributed by atoms with Gasteiger partial charge in [-0.05, 0) is 36.9 Å². The summed E-state index contributed by atoms with van der Waals surface area (Å²) < 4.78 is 0. The number of rotatable bonds is 3. The van der Waals surface area contributed by atoms with Gasteiger partial charge in [0.2, 0.25) is 0 Å². The molecule has 0 spiro atoms. The van der Waals surface area contributed by atoms with Crippen molar-refractivity contribution in [2.45, 2.75) is 33.1 Å². The second kappa shape index (κ2) is 7.33. The van der Waals surface area contributed by atoms with Crippen LogP contribution in [0.1, 0.15) is 36.6 Å². The van der Waals surface area contributed by atoms with E-state index in [4.69, 9.17) is 4.98 Å². The predicted molar refractivity (Wildman–Crippen MR) is 111 cm³/mol. The summed E-state index contributed by atoms with van der Waals surface area (Å²) in [5.41, 5.74) is 3.94. The predicted octanol–water partition coefficient (Wildman–Crippen LogP) is 4.59. The SMILES string of the molecule is Cc1sc2ncnc(N3CCCNCC3)c2c1-c1ccc(C(C)C)cc1. The zero-order valence-electron chi connectivity index (χ0n) is 15.7. The third-order valence-corrected chi connectivity index (χ3v) is 6.16. The van der Waals surface area contributed by atoms with Crippen molar-refractivity contribution in [2.24, 2.45) is 0 Å². The van der Waals surface area contributed by atoms with Crippen molar-refractivity contribution in [3.8, 4) is 11.1 Å². The number of hydrogen-bond donors (Lipinski definition) is 1. The Hall–Kier alpha value is -1.98. The van der Waals surface area contributed by atoms with Gasteiger partial charge in [-0.1, -0.05) is 38.1 Å². The summed E-state index contributed by atoms with van der Waals surface area (Å²) in [7, 11) is 0. The van der Waals surface area contributed by atoms with E-state index in [0.29, 0.717) is 5.92 Å². The highest BCUT2D eigenvalue weighted by Gasteiger charge is 2.21. The molecule has 2 aromatic heterocycles. The lowest BCUT2D eigenvalue weighted by atomic mass is 9.97. The van der Waals surface area contributed by atoms with Crippen LogP contribution in [0.15, 0.2) is 30.6 Å². The van der Waals surface area contributed by atoms with Gasteiger partial charge >= 0.3 is 0 Å². The quantitative estimate of drug-likeness (QED) is 0.736. The lowest BCUT2D eigenvalue weighted by Gasteiger charge is -2.22. The Morgan fingerprint density at radius 2 is 1.88 bits per heavy atom. The first-order valence-corrected chi connectivity index (χ1v) is 10.3. The third kappa shape index (κ3) is 3.21. The van der Waals surface area contributed by atoms with Crippen LogP contribution < -0.4 is 10.2 Å². The minimum absolute atomic E-state index is 0.549. The number of aryl methyl sites for hydroxylation is 1. The molecule has 0 saturated carbocycles. The van der Waals surface area contributed by atoms with Gasteiger partial charge < -0.3 is 10.2 Å². The molecule has 0 aliphatic carbocycles. The summed E-state index contributed by atoms with van der Waals surface area (Å²) >= 11 is 1.77. The van der Waals surface area contributed by atoms with E-state index in [-0.39, 0.29) is 0 Å². The summed E-state index contributed by atoms with van der Waals surface area (Å²) in [5, 5.41) is 4.70. The highest BCUT2D eigenvalue weighted by Crippen LogP contribution is 2.41. The molecule has 136 valence electrons. The largest absolute Gasteiger partial charge is 0.355 e. The normalized spacial score (nSPS) is 15.6. The topological polar surface area (TPSA) is 41.1 Å². The second-order valence-corrected chi connectivity index (χ2v) is 8.48. The number of thiophene rings is 1. The molecule has 4 rings (SSSR count). The highest BCUT2D eigenvalue weighted by atomic mass is 32.1. The molecule has 4 nitrogen and oxygen atoms in total. The smallest absolute Gasteiger partial charge is 0.141 e. The van der Waals surface area contributed by atoms with Crippen LogP contribution in [0.25, 0.3) is 21.3 Å². The van der Waals surface area contributed by atoms with E-state index in [2.05, 4.69) is 60.2 Å². The summed E-state index contributed by atoms with van der Waals surface area (Å²) in [6, 6.07) is 9.01. The van der Waals surface area contributed by atoms with E-state index in [0.717, 1.165) is 43.2 Å². The minimum Gasteiger partial charge on any atom is -0.355 e. The maximum absolute atomic E-state index is 4.71. The Labute approximate surface area is 159 Å². The van der Waals surface area contributed by atoms with Crippen molar-refractivity contribution >= 4 is 27.4 Å². The van der Waals surface area contributed by atoms with E-state index in [1.165, 1.54) is 27.0 Å². The van der Waals surface area contributed by atoms with E-state index in [1.54, 1.807) is 17.7 Å². The molecule has 1 aliphatic heterocycles. The van der Waals surface area contributed by atoms with Crippen molar-refractivity contribution in [3.05, 3.63) is 41.0 Å². The molecule has 3 aromatic rings. The molecule has 1 fully saturated rings. The van der Waals surface area contributed by atoms with Gasteiger partial charge in [0.05, 0.1) is 5.39 Å². The van der Waals surface area contributed by atoms with Gasteiger partial charge in [-0.3, -0.25) is 0 Å². The molecule has 1 N–H and O–H groups in total. The van der Waals surface area contributed by atoms with Crippen LogP contribution in [0.2, 0.25) is 0 Å². The van der Waals surface area contributed by atoms with Gasteiger partial charge in [0.1, 0.15) is 17.0 Å². The van der Waals surface area contributed by atoms with Crippen molar-refractivity contribution in [1.82, 2.24) is 15.3 Å². The van der Waals surface area contributed by atoms with Gasteiger partial charge in [-0.2, -0.15) is 0 Å². The first kappa shape index (κ1) is 17.4. The van der Waals surface area contributed by atoms with E-state index in [9.17, 15) is 0 Å². The van der Waals surface area contributed by atoms with Crippen molar-refractivity contribution in [3.63, 3.8) is 0 Å². The fourth-order valence-electron chi connectivity index (χ4n) is 3.71. The Bertz CT molecular complexity index is 890.